The van der Waals surface area contributed by atoms with E-state index in [2.05, 4.69) is 40.2 Å². The Morgan fingerprint density at radius 2 is 2.25 bits per heavy atom. The number of rotatable bonds is 5. The molecule has 0 unspecified atom stereocenters. The van der Waals surface area contributed by atoms with Crippen molar-refractivity contribution in [3.63, 3.8) is 0 Å². The van der Waals surface area contributed by atoms with Crippen LogP contribution < -0.4 is 0 Å². The summed E-state index contributed by atoms with van der Waals surface area (Å²) in [6, 6.07) is 8.09. The monoisotopic (exact) mass is 286 g/mol. The first kappa shape index (κ1) is 14.7. The quantitative estimate of drug-likeness (QED) is 0.858. The molecule has 0 atom stereocenters. The molecule has 0 aliphatic carbocycles. The molecule has 0 aromatic carbocycles. The van der Waals surface area contributed by atoms with Gasteiger partial charge in [-0.2, -0.15) is 0 Å². The minimum Gasteiger partial charge on any atom is -0.395 e. The van der Waals surface area contributed by atoms with Crippen molar-refractivity contribution >= 4 is 11.3 Å². The molecule has 2 aromatic rings. The molecule has 0 bridgehead atoms. The minimum atomic E-state index is 0.122. The molecule has 0 spiro atoms. The Morgan fingerprint density at radius 1 is 1.35 bits per heavy atom. The molecule has 0 saturated carbocycles. The molecule has 2 heterocycles. The van der Waals surface area contributed by atoms with Gasteiger partial charge in [0.25, 0.3) is 0 Å². The normalized spacial score (nSPS) is 10.3. The maximum atomic E-state index is 8.70. The van der Waals surface area contributed by atoms with Gasteiger partial charge in [-0.3, -0.25) is 9.88 Å². The highest BCUT2D eigenvalue weighted by Gasteiger charge is 2.04. The molecule has 2 aromatic heterocycles. The third-order valence-electron chi connectivity index (χ3n) is 2.71. The molecule has 20 heavy (non-hydrogen) atoms. The first-order chi connectivity index (χ1) is 9.78. The molecule has 0 saturated heterocycles. The van der Waals surface area contributed by atoms with Crippen molar-refractivity contribution < 1.29 is 5.11 Å². The van der Waals surface area contributed by atoms with Gasteiger partial charge >= 0.3 is 0 Å². The minimum absolute atomic E-state index is 0.122. The van der Waals surface area contributed by atoms with E-state index in [1.807, 2.05) is 24.4 Å². The number of hydrogen-bond donors (Lipinski definition) is 1. The van der Waals surface area contributed by atoms with Crippen LogP contribution >= 0.6 is 11.3 Å². The lowest BCUT2D eigenvalue weighted by Gasteiger charge is -2.14. The molecule has 0 aliphatic rings. The molecule has 0 aliphatic heterocycles. The Bertz CT molecular complexity index is 583. The second-order valence-corrected chi connectivity index (χ2v) is 5.57. The summed E-state index contributed by atoms with van der Waals surface area (Å²) in [7, 11) is 2.09. The Morgan fingerprint density at radius 3 is 3.00 bits per heavy atom. The van der Waals surface area contributed by atoms with E-state index in [9.17, 15) is 0 Å². The van der Waals surface area contributed by atoms with Gasteiger partial charge in [-0.15, -0.1) is 11.3 Å². The van der Waals surface area contributed by atoms with Gasteiger partial charge in [-0.25, -0.2) is 0 Å². The number of hydrogen-bond acceptors (Lipinski definition) is 4. The van der Waals surface area contributed by atoms with Crippen LogP contribution in [0.3, 0.4) is 0 Å². The van der Waals surface area contributed by atoms with Crippen LogP contribution in [0.4, 0.5) is 0 Å². The fourth-order valence-corrected chi connectivity index (χ4v) is 2.73. The molecule has 0 radical (unpaired) electrons. The summed E-state index contributed by atoms with van der Waals surface area (Å²) < 4.78 is 0. The lowest BCUT2D eigenvalue weighted by Crippen LogP contribution is -2.17. The highest BCUT2D eigenvalue weighted by atomic mass is 32.1. The lowest BCUT2D eigenvalue weighted by molar-refractivity contribution is 0.305. The van der Waals surface area contributed by atoms with Crippen LogP contribution in [0.1, 0.15) is 22.6 Å². The van der Waals surface area contributed by atoms with Crippen molar-refractivity contribution in [2.24, 2.45) is 0 Å². The highest BCUT2D eigenvalue weighted by Crippen LogP contribution is 2.16. The van der Waals surface area contributed by atoms with E-state index in [-0.39, 0.29) is 6.61 Å². The third-order valence-corrected chi connectivity index (χ3v) is 3.63. The smallest absolute Gasteiger partial charge is 0.0543 e. The van der Waals surface area contributed by atoms with Gasteiger partial charge in [0.05, 0.1) is 12.3 Å². The summed E-state index contributed by atoms with van der Waals surface area (Å²) in [5.41, 5.74) is 2.11. The second-order valence-electron chi connectivity index (χ2n) is 4.57. The van der Waals surface area contributed by atoms with E-state index in [0.717, 1.165) is 24.3 Å². The zero-order chi connectivity index (χ0) is 14.2. The Labute approximate surface area is 123 Å². The van der Waals surface area contributed by atoms with Crippen LogP contribution in [0.15, 0.2) is 35.8 Å². The summed E-state index contributed by atoms with van der Waals surface area (Å²) in [5.74, 6) is 6.00. The molecule has 3 nitrogen and oxygen atoms in total. The molecule has 0 amide bonds. The predicted molar refractivity (Wildman–Crippen MR) is 82.3 cm³/mol. The second kappa shape index (κ2) is 7.81. The summed E-state index contributed by atoms with van der Waals surface area (Å²) in [6.45, 7) is 1.85. The van der Waals surface area contributed by atoms with Gasteiger partial charge in [0, 0.05) is 41.5 Å². The largest absolute Gasteiger partial charge is 0.395 e. The lowest BCUT2D eigenvalue weighted by atomic mass is 10.3. The van der Waals surface area contributed by atoms with Crippen LogP contribution in [0.25, 0.3) is 0 Å². The number of aromatic nitrogens is 1. The number of pyridine rings is 1. The molecule has 1 N–H and O–H groups in total. The first-order valence-corrected chi connectivity index (χ1v) is 7.41. The van der Waals surface area contributed by atoms with Gasteiger partial charge in [-0.05, 0) is 25.2 Å². The SMILES string of the molecule is CN(Cc1ccccn1)Cc1cc(C#CCCO)cs1. The molecule has 104 valence electrons. The predicted octanol–water partition coefficient (Wildman–Crippen LogP) is 2.51. The van der Waals surface area contributed by atoms with Crippen LogP contribution in [-0.2, 0) is 13.1 Å². The first-order valence-electron chi connectivity index (χ1n) is 6.53. The molecule has 0 fully saturated rings. The van der Waals surface area contributed by atoms with Gasteiger partial charge < -0.3 is 5.11 Å². The van der Waals surface area contributed by atoms with Crippen LogP contribution in [0.2, 0.25) is 0 Å². The zero-order valence-corrected chi connectivity index (χ0v) is 12.4. The Hall–Kier alpha value is -1.67. The fourth-order valence-electron chi connectivity index (χ4n) is 1.84. The Kier molecular flexibility index (Phi) is 5.75. The van der Waals surface area contributed by atoms with E-state index in [1.54, 1.807) is 11.3 Å². The van der Waals surface area contributed by atoms with E-state index in [0.29, 0.717) is 6.42 Å². The van der Waals surface area contributed by atoms with Crippen molar-refractivity contribution in [3.8, 4) is 11.8 Å². The van der Waals surface area contributed by atoms with Gasteiger partial charge in [-0.1, -0.05) is 17.9 Å². The van der Waals surface area contributed by atoms with Crippen LogP contribution in [-0.4, -0.2) is 28.6 Å². The summed E-state index contributed by atoms with van der Waals surface area (Å²) >= 11 is 1.72. The average molecular weight is 286 g/mol. The van der Waals surface area contributed by atoms with Crippen molar-refractivity contribution in [2.75, 3.05) is 13.7 Å². The number of thiophene rings is 1. The van der Waals surface area contributed by atoms with Gasteiger partial charge in [0.2, 0.25) is 0 Å². The van der Waals surface area contributed by atoms with Crippen molar-refractivity contribution in [2.45, 2.75) is 19.5 Å². The average Bonchev–Trinajstić information content (AvgIpc) is 2.87. The standard InChI is InChI=1S/C16H18N2OS/c1-18(11-15-7-2-4-8-17-15)12-16-10-14(13-20-16)6-3-5-9-19/h2,4,7-8,10,13,19H,5,9,11-12H2,1H3. The number of aliphatic hydroxyl groups excluding tert-OH is 1. The van der Waals surface area contributed by atoms with Crippen molar-refractivity contribution in [3.05, 3.63) is 52.0 Å². The molecule has 4 heteroatoms. The van der Waals surface area contributed by atoms with Crippen molar-refractivity contribution in [1.82, 2.24) is 9.88 Å². The summed E-state index contributed by atoms with van der Waals surface area (Å²) in [4.78, 5) is 7.86. The van der Waals surface area contributed by atoms with Crippen molar-refractivity contribution in [1.29, 1.82) is 0 Å². The van der Waals surface area contributed by atoms with E-state index >= 15 is 0 Å². The van der Waals surface area contributed by atoms with E-state index in [4.69, 9.17) is 5.11 Å². The number of nitrogens with zero attached hydrogens (tertiary/aromatic N) is 2. The topological polar surface area (TPSA) is 36.4 Å². The van der Waals surface area contributed by atoms with E-state index in [1.165, 1.54) is 4.88 Å². The highest BCUT2D eigenvalue weighted by molar-refractivity contribution is 7.10. The Balaban J connectivity index is 1.89. The molecular weight excluding hydrogens is 268 g/mol. The van der Waals surface area contributed by atoms with Crippen LogP contribution in [0.5, 0.6) is 0 Å². The fraction of sp³-hybridized carbons (Fsp3) is 0.312. The zero-order valence-electron chi connectivity index (χ0n) is 11.5. The van der Waals surface area contributed by atoms with Gasteiger partial charge in [0.15, 0.2) is 0 Å². The number of aliphatic hydroxyl groups is 1. The maximum absolute atomic E-state index is 8.70. The summed E-state index contributed by atoms with van der Waals surface area (Å²) in [6.07, 6.45) is 2.36. The van der Waals surface area contributed by atoms with Gasteiger partial charge in [0.1, 0.15) is 0 Å². The van der Waals surface area contributed by atoms with Crippen LogP contribution in [0, 0.1) is 11.8 Å². The molecule has 2 rings (SSSR count). The molecular formula is C16H18N2OS. The summed E-state index contributed by atoms with van der Waals surface area (Å²) in [5, 5.41) is 10.8. The third kappa shape index (κ3) is 4.78. The van der Waals surface area contributed by atoms with E-state index < -0.39 is 0 Å². The maximum Gasteiger partial charge on any atom is 0.0543 e.